The zero-order chi connectivity index (χ0) is 18.5. The fourth-order valence-electron chi connectivity index (χ4n) is 3.04. The number of carbonyl (C=O) groups excluding carboxylic acids is 1. The van der Waals surface area contributed by atoms with Crippen LogP contribution >= 0.6 is 24.0 Å². The number of hydrogen-bond donors (Lipinski definition) is 3. The number of aliphatic imine (C=N–C) groups is 1. The highest BCUT2D eigenvalue weighted by atomic mass is 127. The fourth-order valence-corrected chi connectivity index (χ4v) is 3.04. The van der Waals surface area contributed by atoms with Gasteiger partial charge in [-0.2, -0.15) is 0 Å². The minimum atomic E-state index is 0. The highest BCUT2D eigenvalue weighted by Gasteiger charge is 2.20. The average molecular weight is 492 g/mol. The molecule has 1 aliphatic carbocycles. The SMILES string of the molecule is CN=C(NCCCOCc1ccco1)NCCNC(=O)C1CCCCC1.I. The van der Waals surface area contributed by atoms with Crippen LogP contribution < -0.4 is 16.0 Å². The van der Waals surface area contributed by atoms with Gasteiger partial charge in [-0.25, -0.2) is 0 Å². The molecule has 27 heavy (non-hydrogen) atoms. The van der Waals surface area contributed by atoms with E-state index in [1.54, 1.807) is 13.3 Å². The molecule has 8 heteroatoms. The quantitative estimate of drug-likeness (QED) is 0.202. The molecule has 1 aromatic heterocycles. The van der Waals surface area contributed by atoms with Crippen LogP contribution in [0.2, 0.25) is 0 Å². The fraction of sp³-hybridized carbons (Fsp3) is 0.684. The van der Waals surface area contributed by atoms with Crippen molar-refractivity contribution in [2.75, 3.05) is 33.3 Å². The van der Waals surface area contributed by atoms with Gasteiger partial charge in [0, 0.05) is 39.2 Å². The van der Waals surface area contributed by atoms with Crippen molar-refractivity contribution in [1.29, 1.82) is 0 Å². The molecule has 0 spiro atoms. The van der Waals surface area contributed by atoms with Gasteiger partial charge in [-0.3, -0.25) is 9.79 Å². The molecular weight excluding hydrogens is 459 g/mol. The van der Waals surface area contributed by atoms with E-state index in [1.807, 2.05) is 12.1 Å². The van der Waals surface area contributed by atoms with E-state index in [1.165, 1.54) is 19.3 Å². The minimum Gasteiger partial charge on any atom is -0.467 e. The Morgan fingerprint density at radius 1 is 1.19 bits per heavy atom. The van der Waals surface area contributed by atoms with E-state index in [2.05, 4.69) is 20.9 Å². The van der Waals surface area contributed by atoms with Crippen LogP contribution in [0.3, 0.4) is 0 Å². The Balaban J connectivity index is 0.00000364. The third-order valence-corrected chi connectivity index (χ3v) is 4.50. The molecule has 1 amide bonds. The summed E-state index contributed by atoms with van der Waals surface area (Å²) in [4.78, 5) is 16.2. The van der Waals surface area contributed by atoms with Gasteiger partial charge >= 0.3 is 0 Å². The molecule has 1 saturated carbocycles. The molecule has 0 saturated heterocycles. The number of nitrogens with zero attached hydrogens (tertiary/aromatic N) is 1. The predicted octanol–water partition coefficient (Wildman–Crippen LogP) is 2.67. The maximum Gasteiger partial charge on any atom is 0.223 e. The molecule has 154 valence electrons. The number of halogens is 1. The summed E-state index contributed by atoms with van der Waals surface area (Å²) in [7, 11) is 1.74. The first kappa shape index (κ1) is 23.7. The smallest absolute Gasteiger partial charge is 0.223 e. The molecule has 1 fully saturated rings. The molecule has 2 rings (SSSR count). The summed E-state index contributed by atoms with van der Waals surface area (Å²) in [6, 6.07) is 3.75. The van der Waals surface area contributed by atoms with Crippen LogP contribution in [0.5, 0.6) is 0 Å². The molecule has 0 unspecified atom stereocenters. The van der Waals surface area contributed by atoms with E-state index in [0.29, 0.717) is 26.3 Å². The molecular formula is C19H33IN4O3. The topological polar surface area (TPSA) is 87.9 Å². The molecule has 1 heterocycles. The lowest BCUT2D eigenvalue weighted by molar-refractivity contribution is -0.125. The Morgan fingerprint density at radius 2 is 1.93 bits per heavy atom. The Bertz CT molecular complexity index is 531. The number of hydrogen-bond acceptors (Lipinski definition) is 4. The number of amides is 1. The predicted molar refractivity (Wildman–Crippen MR) is 117 cm³/mol. The Labute approximate surface area is 179 Å². The van der Waals surface area contributed by atoms with Crippen LogP contribution in [0.1, 0.15) is 44.3 Å². The molecule has 7 nitrogen and oxygen atoms in total. The van der Waals surface area contributed by atoms with Gasteiger partial charge in [-0.15, -0.1) is 24.0 Å². The first-order valence-corrected chi connectivity index (χ1v) is 9.62. The van der Waals surface area contributed by atoms with Crippen LogP contribution in [-0.4, -0.2) is 45.2 Å². The number of rotatable bonds is 10. The minimum absolute atomic E-state index is 0. The number of carbonyl (C=O) groups is 1. The normalized spacial score (nSPS) is 15.1. The summed E-state index contributed by atoms with van der Waals surface area (Å²) < 4.78 is 10.7. The Kier molecular flexibility index (Phi) is 13.0. The lowest BCUT2D eigenvalue weighted by atomic mass is 9.89. The van der Waals surface area contributed by atoms with E-state index in [-0.39, 0.29) is 35.8 Å². The van der Waals surface area contributed by atoms with Crippen molar-refractivity contribution >= 4 is 35.8 Å². The molecule has 0 radical (unpaired) electrons. The van der Waals surface area contributed by atoms with E-state index < -0.39 is 0 Å². The van der Waals surface area contributed by atoms with Gasteiger partial charge in [-0.1, -0.05) is 19.3 Å². The highest BCUT2D eigenvalue weighted by molar-refractivity contribution is 14.0. The van der Waals surface area contributed by atoms with E-state index >= 15 is 0 Å². The second-order valence-corrected chi connectivity index (χ2v) is 6.54. The van der Waals surface area contributed by atoms with Crippen molar-refractivity contribution in [2.24, 2.45) is 10.9 Å². The van der Waals surface area contributed by atoms with Gasteiger partial charge in [0.2, 0.25) is 5.91 Å². The van der Waals surface area contributed by atoms with Crippen molar-refractivity contribution in [1.82, 2.24) is 16.0 Å². The summed E-state index contributed by atoms with van der Waals surface area (Å²) in [5, 5.41) is 9.46. The maximum atomic E-state index is 12.1. The largest absolute Gasteiger partial charge is 0.467 e. The standard InChI is InChI=1S/C19H32N4O3.HI/c1-20-19(22-10-6-13-25-15-17-9-5-14-26-17)23-12-11-21-18(24)16-7-3-2-4-8-16;/h5,9,14,16H,2-4,6-8,10-13,15H2,1H3,(H,21,24)(H2,20,22,23);1H. The van der Waals surface area contributed by atoms with E-state index in [4.69, 9.17) is 9.15 Å². The number of furan rings is 1. The van der Waals surface area contributed by atoms with Gasteiger partial charge in [0.15, 0.2) is 5.96 Å². The van der Waals surface area contributed by atoms with E-state index in [0.717, 1.165) is 37.5 Å². The molecule has 1 aliphatic rings. The van der Waals surface area contributed by atoms with Crippen molar-refractivity contribution in [3.8, 4) is 0 Å². The van der Waals surface area contributed by atoms with Crippen molar-refractivity contribution in [2.45, 2.75) is 45.1 Å². The van der Waals surface area contributed by atoms with Crippen molar-refractivity contribution < 1.29 is 13.9 Å². The van der Waals surface area contributed by atoms with Gasteiger partial charge in [0.25, 0.3) is 0 Å². The number of ether oxygens (including phenoxy) is 1. The van der Waals surface area contributed by atoms with E-state index in [9.17, 15) is 4.79 Å². The summed E-state index contributed by atoms with van der Waals surface area (Å²) in [6.07, 6.45) is 8.21. The number of nitrogens with one attached hydrogen (secondary N) is 3. The van der Waals surface area contributed by atoms with Gasteiger partial charge < -0.3 is 25.1 Å². The molecule has 0 aromatic carbocycles. The molecule has 0 atom stereocenters. The first-order valence-electron chi connectivity index (χ1n) is 9.62. The maximum absolute atomic E-state index is 12.1. The first-order chi connectivity index (χ1) is 12.8. The monoisotopic (exact) mass is 492 g/mol. The molecule has 3 N–H and O–H groups in total. The number of guanidine groups is 1. The summed E-state index contributed by atoms with van der Waals surface area (Å²) in [6.45, 7) is 3.20. The van der Waals surface area contributed by atoms with Crippen LogP contribution in [0.4, 0.5) is 0 Å². The lowest BCUT2D eigenvalue weighted by Gasteiger charge is -2.21. The van der Waals surface area contributed by atoms with Crippen molar-refractivity contribution in [3.63, 3.8) is 0 Å². The molecule has 0 bridgehead atoms. The third-order valence-electron chi connectivity index (χ3n) is 4.50. The lowest BCUT2D eigenvalue weighted by Crippen LogP contribution is -2.43. The average Bonchev–Trinajstić information content (AvgIpc) is 3.20. The third kappa shape index (κ3) is 9.99. The zero-order valence-corrected chi connectivity index (χ0v) is 18.5. The van der Waals surface area contributed by atoms with Gasteiger partial charge in [0.1, 0.15) is 12.4 Å². The Morgan fingerprint density at radius 3 is 2.63 bits per heavy atom. The summed E-state index contributed by atoms with van der Waals surface area (Å²) >= 11 is 0. The second-order valence-electron chi connectivity index (χ2n) is 6.54. The van der Waals surface area contributed by atoms with Crippen LogP contribution in [-0.2, 0) is 16.1 Å². The highest BCUT2D eigenvalue weighted by Crippen LogP contribution is 2.23. The Hall–Kier alpha value is -1.29. The second kappa shape index (κ2) is 14.7. The molecule has 1 aromatic rings. The molecule has 0 aliphatic heterocycles. The zero-order valence-electron chi connectivity index (χ0n) is 16.2. The van der Waals surface area contributed by atoms with Gasteiger partial charge in [-0.05, 0) is 31.4 Å². The summed E-state index contributed by atoms with van der Waals surface area (Å²) in [5.41, 5.74) is 0. The summed E-state index contributed by atoms with van der Waals surface area (Å²) in [5.74, 6) is 1.99. The van der Waals surface area contributed by atoms with Gasteiger partial charge in [0.05, 0.1) is 6.26 Å². The van der Waals surface area contributed by atoms with Crippen LogP contribution in [0.25, 0.3) is 0 Å². The van der Waals surface area contributed by atoms with Crippen molar-refractivity contribution in [3.05, 3.63) is 24.2 Å². The van der Waals surface area contributed by atoms with Crippen LogP contribution in [0.15, 0.2) is 27.8 Å². The van der Waals surface area contributed by atoms with Crippen LogP contribution in [0, 0.1) is 5.92 Å².